The Labute approximate surface area is 75.3 Å². The maximum absolute atomic E-state index is 11.3. The first kappa shape index (κ1) is 8.06. The fraction of sp³-hybridized carbons (Fsp3) is 0. The van der Waals surface area contributed by atoms with Crippen LogP contribution >= 0.6 is 0 Å². The van der Waals surface area contributed by atoms with Crippen LogP contribution < -0.4 is 11.1 Å². The number of sulfonamides is 1. The van der Waals surface area contributed by atoms with E-state index in [0.717, 1.165) is 6.34 Å². The highest BCUT2D eigenvalue weighted by atomic mass is 32.2. The number of nitrogens with one attached hydrogen (secondary N) is 1. The van der Waals surface area contributed by atoms with Gasteiger partial charge in [-0.25, -0.2) is 0 Å². The second-order valence-electron chi connectivity index (χ2n) is 2.61. The molecule has 0 aliphatic carbocycles. The number of nitrogen functional groups attached to an aromatic ring is 1. The zero-order chi connectivity index (χ0) is 9.47. The van der Waals surface area contributed by atoms with Crippen LogP contribution in [-0.4, -0.2) is 14.8 Å². The van der Waals surface area contributed by atoms with Gasteiger partial charge in [0.15, 0.2) is 0 Å². The van der Waals surface area contributed by atoms with Crippen molar-refractivity contribution in [1.29, 1.82) is 0 Å². The minimum Gasteiger partial charge on any atom is -0.399 e. The van der Waals surface area contributed by atoms with E-state index in [1.54, 1.807) is 12.1 Å². The molecular weight excluding hydrogens is 190 g/mol. The van der Waals surface area contributed by atoms with Crippen molar-refractivity contribution in [2.45, 2.75) is 4.90 Å². The summed E-state index contributed by atoms with van der Waals surface area (Å²) in [5.74, 6) is 0. The molecule has 1 aromatic rings. The van der Waals surface area contributed by atoms with Gasteiger partial charge in [-0.2, -0.15) is 8.42 Å². The van der Waals surface area contributed by atoms with Gasteiger partial charge in [-0.05, 0) is 18.2 Å². The molecule has 0 aromatic heterocycles. The van der Waals surface area contributed by atoms with Gasteiger partial charge >= 0.3 is 0 Å². The smallest absolute Gasteiger partial charge is 0.285 e. The molecule has 2 rings (SSSR count). The molecule has 6 heteroatoms. The molecule has 0 saturated carbocycles. The van der Waals surface area contributed by atoms with E-state index >= 15 is 0 Å². The van der Waals surface area contributed by atoms with Crippen molar-refractivity contribution in [3.05, 3.63) is 18.2 Å². The Bertz CT molecular complexity index is 479. The summed E-state index contributed by atoms with van der Waals surface area (Å²) in [7, 11) is -3.54. The molecule has 68 valence electrons. The monoisotopic (exact) mass is 197 g/mol. The third-order valence-electron chi connectivity index (χ3n) is 1.70. The molecule has 1 aliphatic rings. The number of fused-ring (bicyclic) bond motifs is 1. The molecular formula is C7H7N3O2S. The number of nitrogens with zero attached hydrogens (tertiary/aromatic N) is 1. The molecule has 0 spiro atoms. The van der Waals surface area contributed by atoms with Crippen LogP contribution in [0.4, 0.5) is 11.4 Å². The van der Waals surface area contributed by atoms with Crippen molar-refractivity contribution in [2.75, 3.05) is 11.1 Å². The second kappa shape index (κ2) is 2.46. The summed E-state index contributed by atoms with van der Waals surface area (Å²) in [5, 5.41) is 2.72. The van der Waals surface area contributed by atoms with Crippen molar-refractivity contribution in [1.82, 2.24) is 0 Å². The fourth-order valence-corrected chi connectivity index (χ4v) is 2.09. The van der Waals surface area contributed by atoms with E-state index in [9.17, 15) is 8.42 Å². The van der Waals surface area contributed by atoms with Crippen LogP contribution in [0.15, 0.2) is 27.5 Å². The van der Waals surface area contributed by atoms with Gasteiger partial charge in [0.1, 0.15) is 11.2 Å². The lowest BCUT2D eigenvalue weighted by Gasteiger charge is -2.11. The van der Waals surface area contributed by atoms with Crippen molar-refractivity contribution in [3.63, 3.8) is 0 Å². The third-order valence-corrected chi connectivity index (χ3v) is 2.97. The first-order valence-electron chi connectivity index (χ1n) is 3.54. The first-order valence-corrected chi connectivity index (χ1v) is 4.98. The molecule has 0 amide bonds. The van der Waals surface area contributed by atoms with Crippen LogP contribution in [0.2, 0.25) is 0 Å². The van der Waals surface area contributed by atoms with Crippen molar-refractivity contribution in [3.8, 4) is 0 Å². The van der Waals surface area contributed by atoms with Crippen LogP contribution in [0.25, 0.3) is 0 Å². The second-order valence-corrected chi connectivity index (χ2v) is 4.21. The van der Waals surface area contributed by atoms with Crippen LogP contribution in [0.5, 0.6) is 0 Å². The molecule has 0 unspecified atom stereocenters. The lowest BCUT2D eigenvalue weighted by molar-refractivity contribution is 0.598. The predicted molar refractivity (Wildman–Crippen MR) is 50.2 cm³/mol. The Morgan fingerprint density at radius 2 is 2.15 bits per heavy atom. The highest BCUT2D eigenvalue weighted by Crippen LogP contribution is 2.27. The SMILES string of the molecule is Nc1ccc2c(c1)S(=O)(=O)N=CN2. The standard InChI is InChI=1S/C7H7N3O2S/c8-5-1-2-6-7(3-5)13(11,12)10-4-9-6/h1-4H,8H2,(H,9,10). The number of nitrogens with two attached hydrogens (primary N) is 1. The van der Waals surface area contributed by atoms with Crippen LogP contribution in [0.1, 0.15) is 0 Å². The summed E-state index contributed by atoms with van der Waals surface area (Å²) in [4.78, 5) is 0.120. The third kappa shape index (κ3) is 1.25. The fourth-order valence-electron chi connectivity index (χ4n) is 1.09. The van der Waals surface area contributed by atoms with E-state index < -0.39 is 10.0 Å². The van der Waals surface area contributed by atoms with E-state index in [2.05, 4.69) is 9.71 Å². The lowest BCUT2D eigenvalue weighted by atomic mass is 10.3. The van der Waals surface area contributed by atoms with Crippen molar-refractivity contribution >= 4 is 27.7 Å². The maximum Gasteiger partial charge on any atom is 0.285 e. The summed E-state index contributed by atoms with van der Waals surface area (Å²) in [6.45, 7) is 0. The average molecular weight is 197 g/mol. The molecule has 0 atom stereocenters. The first-order chi connectivity index (χ1) is 6.09. The van der Waals surface area contributed by atoms with Crippen molar-refractivity contribution in [2.24, 2.45) is 4.40 Å². The molecule has 0 radical (unpaired) electrons. The normalized spacial score (nSPS) is 17.5. The summed E-state index contributed by atoms with van der Waals surface area (Å²) >= 11 is 0. The molecule has 13 heavy (non-hydrogen) atoms. The van der Waals surface area contributed by atoms with Gasteiger partial charge in [-0.15, -0.1) is 4.40 Å². The Hall–Kier alpha value is -1.56. The maximum atomic E-state index is 11.3. The van der Waals surface area contributed by atoms with Gasteiger partial charge < -0.3 is 11.1 Å². The Morgan fingerprint density at radius 1 is 1.38 bits per heavy atom. The number of benzene rings is 1. The minimum absolute atomic E-state index is 0.120. The van der Waals surface area contributed by atoms with Gasteiger partial charge in [0.25, 0.3) is 10.0 Å². The summed E-state index contributed by atoms with van der Waals surface area (Å²) in [5.41, 5.74) is 6.37. The highest BCUT2D eigenvalue weighted by molar-refractivity contribution is 7.90. The molecule has 3 N–H and O–H groups in total. The van der Waals surface area contributed by atoms with Crippen molar-refractivity contribution < 1.29 is 8.42 Å². The van der Waals surface area contributed by atoms with Gasteiger partial charge in [-0.3, -0.25) is 0 Å². The number of hydrogen-bond acceptors (Lipinski definition) is 4. The predicted octanol–water partition coefficient (Wildman–Crippen LogP) is 0.411. The zero-order valence-corrected chi connectivity index (χ0v) is 7.38. The lowest BCUT2D eigenvalue weighted by Crippen LogP contribution is -2.11. The van der Waals surface area contributed by atoms with Gasteiger partial charge in [-0.1, -0.05) is 0 Å². The van der Waals surface area contributed by atoms with E-state index in [1.165, 1.54) is 6.07 Å². The Balaban J connectivity index is 2.74. The largest absolute Gasteiger partial charge is 0.399 e. The van der Waals surface area contributed by atoms with E-state index in [4.69, 9.17) is 5.73 Å². The van der Waals surface area contributed by atoms with Crippen LogP contribution in [0, 0.1) is 0 Å². The molecule has 0 bridgehead atoms. The molecule has 0 saturated heterocycles. The minimum atomic E-state index is -3.54. The Kier molecular flexibility index (Phi) is 1.53. The quantitative estimate of drug-likeness (QED) is 0.590. The topological polar surface area (TPSA) is 84.6 Å². The summed E-state index contributed by atoms with van der Waals surface area (Å²) in [6.07, 6.45) is 1.15. The molecule has 1 heterocycles. The summed E-state index contributed by atoms with van der Waals surface area (Å²) in [6, 6.07) is 4.61. The zero-order valence-electron chi connectivity index (χ0n) is 6.56. The molecule has 5 nitrogen and oxygen atoms in total. The van der Waals surface area contributed by atoms with E-state index in [1.807, 2.05) is 0 Å². The van der Waals surface area contributed by atoms with Gasteiger partial charge in [0, 0.05) is 5.69 Å². The molecule has 1 aliphatic heterocycles. The van der Waals surface area contributed by atoms with Crippen LogP contribution in [0.3, 0.4) is 0 Å². The van der Waals surface area contributed by atoms with Crippen LogP contribution in [-0.2, 0) is 10.0 Å². The number of anilines is 2. The summed E-state index contributed by atoms with van der Waals surface area (Å²) < 4.78 is 26.0. The average Bonchev–Trinajstić information content (AvgIpc) is 2.06. The van der Waals surface area contributed by atoms with E-state index in [-0.39, 0.29) is 4.90 Å². The Morgan fingerprint density at radius 3 is 2.92 bits per heavy atom. The van der Waals surface area contributed by atoms with Gasteiger partial charge in [0.05, 0.1) is 5.69 Å². The van der Waals surface area contributed by atoms with Gasteiger partial charge in [0.2, 0.25) is 0 Å². The van der Waals surface area contributed by atoms with E-state index in [0.29, 0.717) is 11.4 Å². The number of hydrogen-bond donors (Lipinski definition) is 2. The molecule has 1 aromatic carbocycles. The highest BCUT2D eigenvalue weighted by Gasteiger charge is 2.20. The number of rotatable bonds is 0. The molecule has 0 fully saturated rings.